The summed E-state index contributed by atoms with van der Waals surface area (Å²) >= 11 is 1.82. The van der Waals surface area contributed by atoms with Gasteiger partial charge in [0.1, 0.15) is 0 Å². The molecular formula is C13H23N3OS. The number of anilines is 1. The minimum absolute atomic E-state index is 0.287. The molecule has 18 heavy (non-hydrogen) atoms. The quantitative estimate of drug-likeness (QED) is 0.907. The molecule has 1 saturated heterocycles. The van der Waals surface area contributed by atoms with Gasteiger partial charge in [-0.2, -0.15) is 0 Å². The summed E-state index contributed by atoms with van der Waals surface area (Å²) in [6.07, 6.45) is 1.58. The van der Waals surface area contributed by atoms with Gasteiger partial charge in [-0.1, -0.05) is 6.92 Å². The number of ether oxygens (including phenoxy) is 1. The average Bonchev–Trinajstić information content (AvgIpc) is 2.71. The first-order valence-corrected chi connectivity index (χ1v) is 7.49. The molecular weight excluding hydrogens is 246 g/mol. The van der Waals surface area contributed by atoms with E-state index in [4.69, 9.17) is 9.72 Å². The van der Waals surface area contributed by atoms with Crippen molar-refractivity contribution < 1.29 is 4.74 Å². The van der Waals surface area contributed by atoms with Crippen molar-refractivity contribution in [3.63, 3.8) is 0 Å². The second-order valence-electron chi connectivity index (χ2n) is 4.91. The van der Waals surface area contributed by atoms with Gasteiger partial charge in [-0.3, -0.25) is 0 Å². The van der Waals surface area contributed by atoms with Crippen molar-refractivity contribution in [1.82, 2.24) is 10.3 Å². The largest absolute Gasteiger partial charge is 0.372 e. The first-order chi connectivity index (χ1) is 8.63. The molecule has 0 amide bonds. The Morgan fingerprint density at radius 2 is 2.06 bits per heavy atom. The van der Waals surface area contributed by atoms with Crippen molar-refractivity contribution in [3.8, 4) is 0 Å². The normalized spacial score (nSPS) is 24.6. The van der Waals surface area contributed by atoms with E-state index in [1.54, 1.807) is 0 Å². The molecule has 0 aromatic carbocycles. The molecule has 1 aromatic rings. The monoisotopic (exact) mass is 269 g/mol. The Morgan fingerprint density at radius 3 is 2.61 bits per heavy atom. The van der Waals surface area contributed by atoms with Crippen LogP contribution in [0, 0.1) is 0 Å². The standard InChI is InChI=1S/C13H23N3OS/c1-5-11-12(6-14-4)18-13(15-11)16-7-9(2)17-10(3)8-16/h9-10,14H,5-8H2,1-4H3. The van der Waals surface area contributed by atoms with Crippen molar-refractivity contribution in [2.75, 3.05) is 25.0 Å². The molecule has 1 aliphatic heterocycles. The highest BCUT2D eigenvalue weighted by molar-refractivity contribution is 7.15. The van der Waals surface area contributed by atoms with Crippen molar-refractivity contribution in [2.45, 2.75) is 45.9 Å². The third kappa shape index (κ3) is 3.02. The first-order valence-electron chi connectivity index (χ1n) is 6.67. The Morgan fingerprint density at radius 1 is 1.39 bits per heavy atom. The summed E-state index contributed by atoms with van der Waals surface area (Å²) in [7, 11) is 1.98. The Bertz CT molecular complexity index is 384. The van der Waals surface area contributed by atoms with Crippen LogP contribution in [-0.2, 0) is 17.7 Å². The van der Waals surface area contributed by atoms with Gasteiger partial charge < -0.3 is 15.0 Å². The predicted molar refractivity (Wildman–Crippen MR) is 76.5 cm³/mol. The van der Waals surface area contributed by atoms with Gasteiger partial charge in [0.25, 0.3) is 0 Å². The predicted octanol–water partition coefficient (Wildman–Crippen LogP) is 2.04. The van der Waals surface area contributed by atoms with Gasteiger partial charge in [-0.05, 0) is 27.3 Å². The number of aryl methyl sites for hydroxylation is 1. The van der Waals surface area contributed by atoms with Crippen LogP contribution in [0.25, 0.3) is 0 Å². The van der Waals surface area contributed by atoms with E-state index in [1.165, 1.54) is 10.6 Å². The van der Waals surface area contributed by atoms with E-state index >= 15 is 0 Å². The average molecular weight is 269 g/mol. The van der Waals surface area contributed by atoms with Crippen LogP contribution in [0.4, 0.5) is 5.13 Å². The molecule has 1 N–H and O–H groups in total. The number of hydrogen-bond acceptors (Lipinski definition) is 5. The van der Waals surface area contributed by atoms with Crippen LogP contribution < -0.4 is 10.2 Å². The van der Waals surface area contributed by atoms with Gasteiger partial charge in [0.2, 0.25) is 0 Å². The van der Waals surface area contributed by atoms with Crippen LogP contribution in [0.2, 0.25) is 0 Å². The van der Waals surface area contributed by atoms with Crippen molar-refractivity contribution in [2.24, 2.45) is 0 Å². The SMILES string of the molecule is CCc1nc(N2CC(C)OC(C)C2)sc1CNC. The third-order valence-corrected chi connectivity index (χ3v) is 4.29. The lowest BCUT2D eigenvalue weighted by molar-refractivity contribution is -0.00523. The highest BCUT2D eigenvalue weighted by Gasteiger charge is 2.25. The van der Waals surface area contributed by atoms with E-state index in [0.717, 1.165) is 31.2 Å². The summed E-state index contributed by atoms with van der Waals surface area (Å²) in [4.78, 5) is 8.51. The maximum absolute atomic E-state index is 5.77. The van der Waals surface area contributed by atoms with Gasteiger partial charge in [0, 0.05) is 24.5 Å². The smallest absolute Gasteiger partial charge is 0.186 e. The van der Waals surface area contributed by atoms with Crippen molar-refractivity contribution >= 4 is 16.5 Å². The van der Waals surface area contributed by atoms with Crippen LogP contribution >= 0.6 is 11.3 Å². The molecule has 0 saturated carbocycles. The number of nitrogens with zero attached hydrogens (tertiary/aromatic N) is 2. The molecule has 2 heterocycles. The maximum Gasteiger partial charge on any atom is 0.186 e. The van der Waals surface area contributed by atoms with Crippen LogP contribution in [0.3, 0.4) is 0 Å². The van der Waals surface area contributed by atoms with Crippen LogP contribution in [0.15, 0.2) is 0 Å². The number of hydrogen-bond donors (Lipinski definition) is 1. The lowest BCUT2D eigenvalue weighted by Gasteiger charge is -2.35. The molecule has 0 radical (unpaired) electrons. The van der Waals surface area contributed by atoms with Gasteiger partial charge in [0.15, 0.2) is 5.13 Å². The Kier molecular flexibility index (Phi) is 4.59. The lowest BCUT2D eigenvalue weighted by Crippen LogP contribution is -2.45. The number of morpholine rings is 1. The summed E-state index contributed by atoms with van der Waals surface area (Å²) in [6, 6.07) is 0. The van der Waals surface area contributed by atoms with E-state index in [1.807, 2.05) is 18.4 Å². The molecule has 0 bridgehead atoms. The third-order valence-electron chi connectivity index (χ3n) is 3.13. The Labute approximate surface area is 113 Å². The zero-order valence-corrected chi connectivity index (χ0v) is 12.5. The van der Waals surface area contributed by atoms with E-state index in [-0.39, 0.29) is 12.2 Å². The Balaban J connectivity index is 2.17. The van der Waals surface area contributed by atoms with E-state index in [9.17, 15) is 0 Å². The maximum atomic E-state index is 5.77. The van der Waals surface area contributed by atoms with Crippen molar-refractivity contribution in [1.29, 1.82) is 0 Å². The van der Waals surface area contributed by atoms with E-state index in [0.29, 0.717) is 0 Å². The molecule has 0 spiro atoms. The molecule has 102 valence electrons. The van der Waals surface area contributed by atoms with E-state index in [2.05, 4.69) is 31.0 Å². The summed E-state index contributed by atoms with van der Waals surface area (Å²) in [5.74, 6) is 0. The van der Waals surface area contributed by atoms with Crippen LogP contribution in [0.5, 0.6) is 0 Å². The number of rotatable bonds is 4. The molecule has 5 heteroatoms. The molecule has 4 nitrogen and oxygen atoms in total. The zero-order chi connectivity index (χ0) is 13.1. The van der Waals surface area contributed by atoms with Gasteiger partial charge in [0.05, 0.1) is 17.9 Å². The molecule has 2 unspecified atom stereocenters. The second kappa shape index (κ2) is 5.99. The fraction of sp³-hybridized carbons (Fsp3) is 0.769. The van der Waals surface area contributed by atoms with Crippen LogP contribution in [0.1, 0.15) is 31.3 Å². The Hall–Kier alpha value is -0.650. The van der Waals surface area contributed by atoms with Gasteiger partial charge in [-0.25, -0.2) is 4.98 Å². The number of nitrogens with one attached hydrogen (secondary N) is 1. The molecule has 2 atom stereocenters. The number of aromatic nitrogens is 1. The van der Waals surface area contributed by atoms with Gasteiger partial charge in [-0.15, -0.1) is 11.3 Å². The molecule has 0 aliphatic carbocycles. The van der Waals surface area contributed by atoms with Crippen LogP contribution in [-0.4, -0.2) is 37.3 Å². The lowest BCUT2D eigenvalue weighted by atomic mass is 10.2. The fourth-order valence-corrected chi connectivity index (χ4v) is 3.59. The zero-order valence-electron chi connectivity index (χ0n) is 11.7. The summed E-state index contributed by atoms with van der Waals surface area (Å²) < 4.78 is 5.77. The molecule has 2 rings (SSSR count). The molecule has 1 aliphatic rings. The molecule has 1 aromatic heterocycles. The number of thiazole rings is 1. The molecule has 1 fully saturated rings. The minimum Gasteiger partial charge on any atom is -0.372 e. The van der Waals surface area contributed by atoms with E-state index < -0.39 is 0 Å². The fourth-order valence-electron chi connectivity index (χ4n) is 2.41. The second-order valence-corrected chi connectivity index (χ2v) is 5.97. The summed E-state index contributed by atoms with van der Waals surface area (Å²) in [5, 5.41) is 4.37. The summed E-state index contributed by atoms with van der Waals surface area (Å²) in [5.41, 5.74) is 1.23. The van der Waals surface area contributed by atoms with Crippen molar-refractivity contribution in [3.05, 3.63) is 10.6 Å². The highest BCUT2D eigenvalue weighted by Crippen LogP contribution is 2.29. The first kappa shape index (κ1) is 13.8. The summed E-state index contributed by atoms with van der Waals surface area (Å²) in [6.45, 7) is 9.23. The highest BCUT2D eigenvalue weighted by atomic mass is 32.1. The van der Waals surface area contributed by atoms with Gasteiger partial charge >= 0.3 is 0 Å². The minimum atomic E-state index is 0.287. The topological polar surface area (TPSA) is 37.4 Å².